The number of carbonyl (C=O) groups excluding carboxylic acids is 1. The Hall–Kier alpha value is -2.17. The molecule has 154 valence electrons. The molecule has 2 aromatic rings. The fraction of sp³-hybridized carbons (Fsp3) is 0.480. The van der Waals surface area contributed by atoms with Crippen molar-refractivity contribution in [1.29, 1.82) is 0 Å². The average molecular weight is 392 g/mol. The van der Waals surface area contributed by atoms with Crippen LogP contribution in [0.4, 0.5) is 5.69 Å². The number of carbonyl (C=O) groups is 1. The molecule has 2 aromatic carbocycles. The normalized spacial score (nSPS) is 20.6. The molecular weight excluding hydrogens is 358 g/mol. The van der Waals surface area contributed by atoms with E-state index in [1.807, 2.05) is 53.4 Å². The van der Waals surface area contributed by atoms with E-state index in [0.717, 1.165) is 24.3 Å². The van der Waals surface area contributed by atoms with Crippen LogP contribution in [0, 0.1) is 0 Å². The summed E-state index contributed by atoms with van der Waals surface area (Å²) in [7, 11) is 0. The first-order chi connectivity index (χ1) is 14.3. The van der Waals surface area contributed by atoms with Gasteiger partial charge in [0.25, 0.3) is 0 Å². The molecule has 1 amide bonds. The van der Waals surface area contributed by atoms with Crippen molar-refractivity contribution in [2.45, 2.75) is 44.7 Å². The summed E-state index contributed by atoms with van der Waals surface area (Å²) in [4.78, 5) is 20.4. The second kappa shape index (κ2) is 10.0. The van der Waals surface area contributed by atoms with Gasteiger partial charge in [-0.2, -0.15) is 0 Å². The molecule has 0 aromatic heterocycles. The molecule has 0 spiro atoms. The largest absolute Gasteiger partial charge is 0.307 e. The van der Waals surface area contributed by atoms with Gasteiger partial charge in [-0.1, -0.05) is 55.0 Å². The summed E-state index contributed by atoms with van der Waals surface area (Å²) in [6, 6.07) is 20.9. The van der Waals surface area contributed by atoms with Gasteiger partial charge in [-0.15, -0.1) is 0 Å². The molecule has 2 saturated heterocycles. The molecule has 0 N–H and O–H groups in total. The van der Waals surface area contributed by atoms with Crippen LogP contribution in [0.25, 0.3) is 0 Å². The lowest BCUT2D eigenvalue weighted by Crippen LogP contribution is -2.46. The van der Waals surface area contributed by atoms with Crippen molar-refractivity contribution in [2.24, 2.45) is 0 Å². The first-order valence-corrected chi connectivity index (χ1v) is 11.2. The van der Waals surface area contributed by atoms with Crippen molar-refractivity contribution >= 4 is 11.6 Å². The summed E-state index contributed by atoms with van der Waals surface area (Å²) in [6.07, 6.45) is 6.44. The van der Waals surface area contributed by atoms with Gasteiger partial charge in [0.2, 0.25) is 5.91 Å². The van der Waals surface area contributed by atoms with Gasteiger partial charge in [0, 0.05) is 18.3 Å². The van der Waals surface area contributed by atoms with Gasteiger partial charge in [0.05, 0.1) is 13.1 Å². The zero-order valence-corrected chi connectivity index (χ0v) is 17.4. The van der Waals surface area contributed by atoms with Gasteiger partial charge in [0.1, 0.15) is 0 Å². The van der Waals surface area contributed by atoms with Crippen LogP contribution < -0.4 is 4.90 Å². The molecule has 0 bridgehead atoms. The van der Waals surface area contributed by atoms with Gasteiger partial charge in [-0.05, 0) is 63.0 Å². The summed E-state index contributed by atoms with van der Waals surface area (Å²) in [6.45, 7) is 5.74. The van der Waals surface area contributed by atoms with E-state index in [4.69, 9.17) is 0 Å². The summed E-state index contributed by atoms with van der Waals surface area (Å²) in [5, 5.41) is 0. The molecule has 1 unspecified atom stereocenters. The van der Waals surface area contributed by atoms with E-state index in [0.29, 0.717) is 19.1 Å². The van der Waals surface area contributed by atoms with Crippen molar-refractivity contribution in [3.8, 4) is 0 Å². The van der Waals surface area contributed by atoms with Crippen molar-refractivity contribution in [3.05, 3.63) is 66.2 Å². The Morgan fingerprint density at radius 1 is 0.862 bits per heavy atom. The smallest absolute Gasteiger partial charge is 0.241 e. The number of rotatable bonds is 7. The SMILES string of the molecule is O=C(CN1CCCC1CN1CCCCC1)N(Cc1ccccc1)c1ccccc1. The Kier molecular flexibility index (Phi) is 6.96. The van der Waals surface area contributed by atoms with E-state index in [1.165, 1.54) is 45.2 Å². The number of hydrogen-bond donors (Lipinski definition) is 0. The van der Waals surface area contributed by atoms with Gasteiger partial charge < -0.3 is 9.80 Å². The molecule has 4 nitrogen and oxygen atoms in total. The fourth-order valence-electron chi connectivity index (χ4n) is 4.71. The zero-order chi connectivity index (χ0) is 19.9. The van der Waals surface area contributed by atoms with Crippen LogP contribution in [0.5, 0.6) is 0 Å². The highest BCUT2D eigenvalue weighted by Gasteiger charge is 2.30. The quantitative estimate of drug-likeness (QED) is 0.709. The van der Waals surface area contributed by atoms with Gasteiger partial charge in [-0.3, -0.25) is 9.69 Å². The molecule has 2 fully saturated rings. The molecule has 2 aliphatic rings. The Balaban J connectivity index is 1.44. The van der Waals surface area contributed by atoms with E-state index in [1.54, 1.807) is 0 Å². The standard InChI is InChI=1S/C25H33N3O/c29-25(21-27-18-10-15-24(27)20-26-16-8-3-9-17-26)28(23-13-6-2-7-14-23)19-22-11-4-1-5-12-22/h1-2,4-7,11-14,24H,3,8-10,15-21H2. The predicted molar refractivity (Wildman–Crippen MR) is 119 cm³/mol. The Morgan fingerprint density at radius 3 is 2.28 bits per heavy atom. The lowest BCUT2D eigenvalue weighted by Gasteiger charge is -2.33. The van der Waals surface area contributed by atoms with Crippen LogP contribution in [0.1, 0.15) is 37.7 Å². The maximum atomic E-state index is 13.4. The van der Waals surface area contributed by atoms with Crippen molar-refractivity contribution < 1.29 is 4.79 Å². The minimum Gasteiger partial charge on any atom is -0.307 e. The van der Waals surface area contributed by atoms with Crippen molar-refractivity contribution in [1.82, 2.24) is 9.80 Å². The van der Waals surface area contributed by atoms with Crippen LogP contribution in [-0.4, -0.2) is 54.5 Å². The van der Waals surface area contributed by atoms with E-state index < -0.39 is 0 Å². The fourth-order valence-corrected chi connectivity index (χ4v) is 4.71. The van der Waals surface area contributed by atoms with Gasteiger partial charge >= 0.3 is 0 Å². The maximum absolute atomic E-state index is 13.4. The maximum Gasteiger partial charge on any atom is 0.241 e. The van der Waals surface area contributed by atoms with Crippen molar-refractivity contribution in [2.75, 3.05) is 37.6 Å². The van der Waals surface area contributed by atoms with Gasteiger partial charge in [0.15, 0.2) is 0 Å². The number of para-hydroxylation sites is 1. The Labute approximate surface area is 175 Å². The predicted octanol–water partition coefficient (Wildman–Crippen LogP) is 4.17. The molecule has 2 aliphatic heterocycles. The first-order valence-electron chi connectivity index (χ1n) is 11.2. The van der Waals surface area contributed by atoms with Crippen LogP contribution in [0.15, 0.2) is 60.7 Å². The number of nitrogens with zero attached hydrogens (tertiary/aromatic N) is 3. The molecule has 2 heterocycles. The topological polar surface area (TPSA) is 26.8 Å². The highest BCUT2D eigenvalue weighted by Crippen LogP contribution is 2.22. The molecule has 0 radical (unpaired) electrons. The first kappa shape index (κ1) is 20.1. The molecule has 29 heavy (non-hydrogen) atoms. The van der Waals surface area contributed by atoms with Crippen molar-refractivity contribution in [3.63, 3.8) is 0 Å². The Bertz CT molecular complexity index is 758. The molecule has 1 atom stereocenters. The van der Waals surface area contributed by atoms with E-state index in [9.17, 15) is 4.79 Å². The van der Waals surface area contributed by atoms with Crippen LogP contribution in [0.2, 0.25) is 0 Å². The summed E-state index contributed by atoms with van der Waals surface area (Å²) >= 11 is 0. The monoisotopic (exact) mass is 391 g/mol. The average Bonchev–Trinajstić information content (AvgIpc) is 3.20. The molecule has 4 heteroatoms. The summed E-state index contributed by atoms with van der Waals surface area (Å²) in [5.74, 6) is 0.200. The third-order valence-corrected chi connectivity index (χ3v) is 6.31. The molecule has 4 rings (SSSR count). The molecule has 0 saturated carbocycles. The second-order valence-corrected chi connectivity index (χ2v) is 8.43. The number of hydrogen-bond acceptors (Lipinski definition) is 3. The van der Waals surface area contributed by atoms with Crippen LogP contribution in [-0.2, 0) is 11.3 Å². The highest BCUT2D eigenvalue weighted by molar-refractivity contribution is 5.94. The van der Waals surface area contributed by atoms with Crippen LogP contribution >= 0.6 is 0 Å². The number of benzene rings is 2. The van der Waals surface area contributed by atoms with E-state index in [2.05, 4.69) is 21.9 Å². The molecule has 0 aliphatic carbocycles. The number of anilines is 1. The number of likely N-dealkylation sites (tertiary alicyclic amines) is 2. The summed E-state index contributed by atoms with van der Waals surface area (Å²) < 4.78 is 0. The van der Waals surface area contributed by atoms with Gasteiger partial charge in [-0.25, -0.2) is 0 Å². The van der Waals surface area contributed by atoms with E-state index >= 15 is 0 Å². The third kappa shape index (κ3) is 5.46. The lowest BCUT2D eigenvalue weighted by molar-refractivity contribution is -0.120. The second-order valence-electron chi connectivity index (χ2n) is 8.43. The van der Waals surface area contributed by atoms with Crippen LogP contribution in [0.3, 0.4) is 0 Å². The minimum atomic E-state index is 0.200. The minimum absolute atomic E-state index is 0.200. The van der Waals surface area contributed by atoms with E-state index in [-0.39, 0.29) is 5.91 Å². The summed E-state index contributed by atoms with van der Waals surface area (Å²) in [5.41, 5.74) is 2.14. The zero-order valence-electron chi connectivity index (χ0n) is 17.4. The molecular formula is C25H33N3O. The lowest BCUT2D eigenvalue weighted by atomic mass is 10.1. The third-order valence-electron chi connectivity index (χ3n) is 6.31. The Morgan fingerprint density at radius 2 is 1.55 bits per heavy atom. The number of amides is 1. The highest BCUT2D eigenvalue weighted by atomic mass is 16.2. The number of piperidine rings is 1.